The van der Waals surface area contributed by atoms with Gasteiger partial charge in [0, 0.05) is 61.1 Å². The minimum atomic E-state index is -4.65. The summed E-state index contributed by atoms with van der Waals surface area (Å²) < 4.78 is 57.3. The smallest absolute Gasteiger partial charge is 0.405 e. The molecule has 3 atom stereocenters. The van der Waals surface area contributed by atoms with Crippen LogP contribution in [-0.4, -0.2) is 105 Å². The number of piperazine rings is 1. The fourth-order valence-electron chi connectivity index (χ4n) is 6.93. The maximum Gasteiger partial charge on any atom is 0.405 e. The minimum absolute atomic E-state index is 0.0247. The molecule has 0 radical (unpaired) electrons. The van der Waals surface area contributed by atoms with E-state index in [4.69, 9.17) is 25.2 Å². The molecular formula is C39H45ClF3N7O7. The highest BCUT2D eigenvalue weighted by Gasteiger charge is 2.43. The van der Waals surface area contributed by atoms with Crippen LogP contribution >= 0.6 is 11.6 Å². The molecule has 2 aromatic carbocycles. The van der Waals surface area contributed by atoms with Gasteiger partial charge in [-0.25, -0.2) is 4.98 Å². The Kier molecular flexibility index (Phi) is 12.9. The molecule has 6 rings (SSSR count). The third-order valence-electron chi connectivity index (χ3n) is 10.0. The monoisotopic (exact) mass is 815 g/mol. The van der Waals surface area contributed by atoms with E-state index >= 15 is 0 Å². The second kappa shape index (κ2) is 17.7. The van der Waals surface area contributed by atoms with Gasteiger partial charge in [0.1, 0.15) is 24.9 Å². The summed E-state index contributed by atoms with van der Waals surface area (Å²) in [4.78, 5) is 35.5. The van der Waals surface area contributed by atoms with Crippen molar-refractivity contribution < 1.29 is 46.5 Å². The van der Waals surface area contributed by atoms with Gasteiger partial charge in [0.25, 0.3) is 0 Å². The van der Waals surface area contributed by atoms with Crippen molar-refractivity contribution in [2.75, 3.05) is 39.3 Å². The predicted molar refractivity (Wildman–Crippen MR) is 202 cm³/mol. The van der Waals surface area contributed by atoms with E-state index in [1.54, 1.807) is 59.6 Å². The van der Waals surface area contributed by atoms with Crippen molar-refractivity contribution in [1.29, 1.82) is 0 Å². The number of para-hydroxylation sites is 1. The summed E-state index contributed by atoms with van der Waals surface area (Å²) in [6, 6.07) is 12.8. The molecule has 2 aromatic heterocycles. The van der Waals surface area contributed by atoms with Crippen LogP contribution in [0.15, 0.2) is 69.3 Å². The zero-order chi connectivity index (χ0) is 40.9. The summed E-state index contributed by atoms with van der Waals surface area (Å²) in [6.07, 6.45) is -3.24. The highest BCUT2D eigenvalue weighted by Crippen LogP contribution is 2.34. The Labute approximate surface area is 332 Å². The van der Waals surface area contributed by atoms with Gasteiger partial charge in [-0.2, -0.15) is 13.2 Å². The van der Waals surface area contributed by atoms with Crippen LogP contribution in [0.1, 0.15) is 56.8 Å². The van der Waals surface area contributed by atoms with Crippen molar-refractivity contribution >= 4 is 29.1 Å². The molecule has 0 saturated carbocycles. The van der Waals surface area contributed by atoms with Crippen LogP contribution in [0, 0.1) is 5.92 Å². The number of hydrogen-bond donors (Lipinski definition) is 4. The van der Waals surface area contributed by atoms with Crippen molar-refractivity contribution in [1.82, 2.24) is 35.6 Å². The molecule has 1 fully saturated rings. The van der Waals surface area contributed by atoms with Crippen LogP contribution in [0.2, 0.25) is 5.02 Å². The Morgan fingerprint density at radius 2 is 1.79 bits per heavy atom. The third kappa shape index (κ3) is 10.3. The predicted octanol–water partition coefficient (Wildman–Crippen LogP) is 5.28. The second-order valence-electron chi connectivity index (χ2n) is 14.6. The van der Waals surface area contributed by atoms with E-state index in [0.717, 1.165) is 12.0 Å². The molecule has 306 valence electrons. The number of carbonyl (C=O) groups excluding carboxylic acids is 2. The lowest BCUT2D eigenvalue weighted by Gasteiger charge is -2.46. The molecule has 0 spiro atoms. The normalized spacial score (nSPS) is 17.8. The van der Waals surface area contributed by atoms with E-state index in [1.807, 2.05) is 31.0 Å². The van der Waals surface area contributed by atoms with Gasteiger partial charge in [-0.1, -0.05) is 30.7 Å². The first-order chi connectivity index (χ1) is 27.1. The number of aromatic nitrogens is 3. The van der Waals surface area contributed by atoms with E-state index in [2.05, 4.69) is 20.5 Å². The molecule has 57 heavy (non-hydrogen) atoms. The van der Waals surface area contributed by atoms with Gasteiger partial charge in [0.15, 0.2) is 11.5 Å². The van der Waals surface area contributed by atoms with E-state index in [0.29, 0.717) is 46.8 Å². The summed E-state index contributed by atoms with van der Waals surface area (Å²) in [5.41, 5.74) is 0.474. The maximum atomic E-state index is 14.0. The van der Waals surface area contributed by atoms with Crippen LogP contribution in [0.3, 0.4) is 0 Å². The Balaban J connectivity index is 1.20. The van der Waals surface area contributed by atoms with Crippen LogP contribution in [0.5, 0.6) is 5.75 Å². The summed E-state index contributed by atoms with van der Waals surface area (Å²) >= 11 is 6.04. The molecule has 0 unspecified atom stereocenters. The van der Waals surface area contributed by atoms with E-state index in [9.17, 15) is 33.0 Å². The van der Waals surface area contributed by atoms with E-state index in [-0.39, 0.29) is 56.4 Å². The quantitative estimate of drug-likeness (QED) is 0.122. The molecule has 18 heteroatoms. The van der Waals surface area contributed by atoms with E-state index in [1.165, 1.54) is 0 Å². The molecule has 0 bridgehead atoms. The van der Waals surface area contributed by atoms with Crippen molar-refractivity contribution in [3.05, 3.63) is 88.7 Å². The fraction of sp³-hybridized carbons (Fsp3) is 0.462. The SMILES string of the molecule is CCCc1nnc(C[C@H](C[C@H](O)CN2CCN(C(C)(C)c3ncc(-c4ccc(Cl)cc4)o3)C[C@H]2C(=O)NCC(F)(F)F)C(=O)NC2=C(O)COc3ccccc32)o1. The van der Waals surface area contributed by atoms with E-state index < -0.39 is 48.1 Å². The summed E-state index contributed by atoms with van der Waals surface area (Å²) in [5.74, 6) is -0.745. The van der Waals surface area contributed by atoms with Gasteiger partial charge in [0.05, 0.1) is 23.5 Å². The first-order valence-corrected chi connectivity index (χ1v) is 19.0. The third-order valence-corrected chi connectivity index (χ3v) is 10.3. The Hall–Kier alpha value is -4.97. The number of aryl methyl sites for hydroxylation is 1. The Bertz CT molecular complexity index is 2050. The van der Waals surface area contributed by atoms with Gasteiger partial charge >= 0.3 is 6.18 Å². The lowest BCUT2D eigenvalue weighted by Crippen LogP contribution is -2.63. The minimum Gasteiger partial charge on any atom is -0.507 e. The van der Waals surface area contributed by atoms with Crippen LogP contribution < -0.4 is 15.4 Å². The summed E-state index contributed by atoms with van der Waals surface area (Å²) in [5, 5.41) is 35.8. The zero-order valence-corrected chi connectivity index (χ0v) is 32.4. The first kappa shape index (κ1) is 41.7. The van der Waals surface area contributed by atoms with Crippen molar-refractivity contribution in [3.8, 4) is 17.1 Å². The summed E-state index contributed by atoms with van der Waals surface area (Å²) in [7, 11) is 0. The van der Waals surface area contributed by atoms with Gasteiger partial charge in [-0.3, -0.25) is 19.4 Å². The number of fused-ring (bicyclic) bond motifs is 1. The van der Waals surface area contributed by atoms with Crippen molar-refractivity contribution in [2.45, 2.75) is 70.3 Å². The Morgan fingerprint density at radius 3 is 2.53 bits per heavy atom. The van der Waals surface area contributed by atoms with Crippen molar-refractivity contribution in [2.24, 2.45) is 5.92 Å². The maximum absolute atomic E-state index is 14.0. The number of aliphatic hydroxyl groups is 2. The molecule has 1 saturated heterocycles. The molecule has 2 aliphatic rings. The average molecular weight is 816 g/mol. The number of nitrogens with zero attached hydrogens (tertiary/aromatic N) is 5. The molecule has 0 aliphatic carbocycles. The second-order valence-corrected chi connectivity index (χ2v) is 15.0. The number of aliphatic hydroxyl groups excluding tert-OH is 2. The molecule has 2 amide bonds. The van der Waals surface area contributed by atoms with Gasteiger partial charge in [-0.15, -0.1) is 10.2 Å². The molecule has 4 heterocycles. The van der Waals surface area contributed by atoms with Crippen LogP contribution in [-0.2, 0) is 28.0 Å². The molecule has 14 nitrogen and oxygen atoms in total. The molecule has 2 aliphatic heterocycles. The number of β-amino-alcohol motifs (C(OH)–C–C–N with tert-alkyl or cyclic N) is 1. The number of ether oxygens (including phenoxy) is 1. The number of nitrogens with one attached hydrogen (secondary N) is 2. The Morgan fingerprint density at radius 1 is 1.05 bits per heavy atom. The fourth-order valence-corrected chi connectivity index (χ4v) is 7.06. The van der Waals surface area contributed by atoms with Gasteiger partial charge in [0.2, 0.25) is 29.5 Å². The van der Waals surface area contributed by atoms with Crippen LogP contribution in [0.25, 0.3) is 17.0 Å². The topological polar surface area (TPSA) is 179 Å². The largest absolute Gasteiger partial charge is 0.507 e. The van der Waals surface area contributed by atoms with Gasteiger partial charge in [-0.05, 0) is 63.1 Å². The summed E-state index contributed by atoms with van der Waals surface area (Å²) in [6.45, 7) is 4.27. The highest BCUT2D eigenvalue weighted by atomic mass is 35.5. The lowest BCUT2D eigenvalue weighted by molar-refractivity contribution is -0.144. The molecular weight excluding hydrogens is 771 g/mol. The lowest BCUT2D eigenvalue weighted by atomic mass is 9.94. The van der Waals surface area contributed by atoms with Crippen molar-refractivity contribution in [3.63, 3.8) is 0 Å². The molecule has 4 N–H and O–H groups in total. The number of hydrogen-bond acceptors (Lipinski definition) is 12. The number of benzene rings is 2. The molecule has 4 aromatic rings. The van der Waals surface area contributed by atoms with Gasteiger partial charge < -0.3 is 34.4 Å². The number of oxazole rings is 1. The first-order valence-electron chi connectivity index (χ1n) is 18.6. The number of rotatable bonds is 15. The average Bonchev–Trinajstić information content (AvgIpc) is 3.86. The van der Waals surface area contributed by atoms with Crippen LogP contribution in [0.4, 0.5) is 13.2 Å². The number of amides is 2. The number of alkyl halides is 3. The number of carbonyl (C=O) groups is 2. The number of halogens is 4. The standard InChI is InChI=1S/C39H45ClF3N7O7/c1-4-7-32-47-48-33(57-32)17-24(35(53)46-34-27-8-5-6-9-30(27)55-21-29(34)52)16-26(51)19-49-14-15-50(20-28(49)36(54)45-22-39(41,42)43)38(2,3)37-44-18-31(56-37)23-10-12-25(40)13-11-23/h5-6,8-13,18,24,26,28,51-52H,4,7,14-17,19-22H2,1-3H3,(H,45,54)(H,46,53)/t24-,26-,28-/m0/s1. The zero-order valence-electron chi connectivity index (χ0n) is 31.7. The highest BCUT2D eigenvalue weighted by molar-refractivity contribution is 6.30.